The lowest BCUT2D eigenvalue weighted by Gasteiger charge is -2.14. The van der Waals surface area contributed by atoms with E-state index in [0.29, 0.717) is 6.08 Å². The number of ether oxygens (including phenoxy) is 2. The Hall–Kier alpha value is -2.15. The van der Waals surface area contributed by atoms with Gasteiger partial charge in [-0.2, -0.15) is 0 Å². The van der Waals surface area contributed by atoms with Gasteiger partial charge in [0.1, 0.15) is 0 Å². The van der Waals surface area contributed by atoms with E-state index in [0.717, 1.165) is 12.2 Å². The molecule has 0 spiro atoms. The molecule has 7 heteroatoms. The van der Waals surface area contributed by atoms with Crippen molar-refractivity contribution in [3.63, 3.8) is 0 Å². The Morgan fingerprint density at radius 3 is 2.18 bits per heavy atom. The first-order chi connectivity index (χ1) is 7.49. The van der Waals surface area contributed by atoms with Crippen molar-refractivity contribution in [2.24, 2.45) is 0 Å². The predicted octanol–water partition coefficient (Wildman–Crippen LogP) is 0.155. The minimum Gasteiger partial charge on any atom is -0.478 e. The molecule has 7 nitrogen and oxygen atoms in total. The number of hydrogen-bond acceptors (Lipinski definition) is 5. The largest absolute Gasteiger partial charge is 0.478 e. The van der Waals surface area contributed by atoms with Crippen molar-refractivity contribution in [3.05, 3.63) is 24.8 Å². The molecule has 0 rings (SSSR count). The van der Waals surface area contributed by atoms with Crippen LogP contribution in [0.4, 0.5) is 0 Å². The summed E-state index contributed by atoms with van der Waals surface area (Å²) in [5, 5.41) is 8.24. The minimum atomic E-state index is -1.27. The van der Waals surface area contributed by atoms with E-state index < -0.39 is 24.2 Å². The first kappa shape index (κ1) is 17.3. The molecule has 0 bridgehead atoms. The van der Waals surface area contributed by atoms with Gasteiger partial charge in [0.2, 0.25) is 6.29 Å². The average Bonchev–Trinajstić information content (AvgIpc) is 2.25. The zero-order valence-corrected chi connectivity index (χ0v) is 9.16. The van der Waals surface area contributed by atoms with Gasteiger partial charge in [-0.1, -0.05) is 13.5 Å². The Morgan fingerprint density at radius 2 is 1.76 bits per heavy atom. The monoisotopic (exact) mass is 242 g/mol. The van der Waals surface area contributed by atoms with Crippen LogP contribution >= 0.6 is 0 Å². The van der Waals surface area contributed by atoms with Crippen molar-refractivity contribution in [1.82, 2.24) is 6.15 Å². The van der Waals surface area contributed by atoms with Crippen LogP contribution in [0.2, 0.25) is 0 Å². The Labute approximate surface area is 98.3 Å². The van der Waals surface area contributed by atoms with Crippen LogP contribution in [-0.4, -0.2) is 29.3 Å². The van der Waals surface area contributed by atoms with Crippen molar-refractivity contribution < 1.29 is 29.0 Å². The SMILES string of the molecule is C=CC(=O)OC(CC)OC(=O)C=CC(=O)O.[N]. The second-order valence-corrected chi connectivity index (χ2v) is 2.59. The summed E-state index contributed by atoms with van der Waals surface area (Å²) in [6.07, 6.45) is 1.50. The lowest BCUT2D eigenvalue weighted by atomic mass is 10.4. The number of carbonyl (C=O) groups excluding carboxylic acids is 2. The summed E-state index contributed by atoms with van der Waals surface area (Å²) in [6.45, 7) is 4.81. The number of carbonyl (C=O) groups is 3. The highest BCUT2D eigenvalue weighted by Crippen LogP contribution is 2.02. The normalized spacial score (nSPS) is 11.1. The van der Waals surface area contributed by atoms with Gasteiger partial charge in [-0.25, -0.2) is 14.4 Å². The Balaban J connectivity index is 0. The molecule has 0 saturated heterocycles. The topological polar surface area (TPSA) is 120 Å². The second kappa shape index (κ2) is 9.10. The molecule has 0 aliphatic rings. The third kappa shape index (κ3) is 8.82. The average molecular weight is 242 g/mol. The molecule has 0 aromatic carbocycles. The van der Waals surface area contributed by atoms with E-state index in [1.807, 2.05) is 0 Å². The van der Waals surface area contributed by atoms with E-state index >= 15 is 0 Å². The van der Waals surface area contributed by atoms with E-state index in [1.54, 1.807) is 6.92 Å². The number of carboxylic acids is 1. The molecule has 93 valence electrons. The van der Waals surface area contributed by atoms with Crippen molar-refractivity contribution >= 4 is 17.9 Å². The molecule has 1 unspecified atom stereocenters. The van der Waals surface area contributed by atoms with Crippen LogP contribution in [0.1, 0.15) is 13.3 Å². The summed E-state index contributed by atoms with van der Waals surface area (Å²) in [7, 11) is 0. The summed E-state index contributed by atoms with van der Waals surface area (Å²) in [5.41, 5.74) is 0. The van der Waals surface area contributed by atoms with Gasteiger partial charge in [-0.3, -0.25) is 0 Å². The molecular formula is C10H12NO6. The highest BCUT2D eigenvalue weighted by molar-refractivity contribution is 5.90. The summed E-state index contributed by atoms with van der Waals surface area (Å²) >= 11 is 0. The fourth-order valence-corrected chi connectivity index (χ4v) is 0.677. The fraction of sp³-hybridized carbons (Fsp3) is 0.300. The maximum atomic E-state index is 11.0. The Morgan fingerprint density at radius 1 is 1.24 bits per heavy atom. The van der Waals surface area contributed by atoms with E-state index in [2.05, 4.69) is 16.1 Å². The number of esters is 2. The third-order valence-corrected chi connectivity index (χ3v) is 1.36. The summed E-state index contributed by atoms with van der Waals surface area (Å²) < 4.78 is 9.29. The molecule has 17 heavy (non-hydrogen) atoms. The molecule has 0 saturated carbocycles. The minimum absolute atomic E-state index is 0. The smallest absolute Gasteiger partial charge is 0.334 e. The lowest BCUT2D eigenvalue weighted by Crippen LogP contribution is -2.22. The van der Waals surface area contributed by atoms with Gasteiger partial charge in [0, 0.05) is 30.8 Å². The van der Waals surface area contributed by atoms with Gasteiger partial charge >= 0.3 is 17.9 Å². The first-order valence-corrected chi connectivity index (χ1v) is 4.44. The number of rotatable bonds is 6. The molecule has 3 radical (unpaired) electrons. The maximum Gasteiger partial charge on any atom is 0.334 e. The van der Waals surface area contributed by atoms with Gasteiger partial charge < -0.3 is 14.6 Å². The molecule has 0 aromatic rings. The molecular weight excluding hydrogens is 230 g/mol. The van der Waals surface area contributed by atoms with Crippen molar-refractivity contribution in [2.45, 2.75) is 19.6 Å². The van der Waals surface area contributed by atoms with Gasteiger partial charge in [-0.15, -0.1) is 0 Å². The van der Waals surface area contributed by atoms with Crippen LogP contribution in [0.15, 0.2) is 24.8 Å². The predicted molar refractivity (Wildman–Crippen MR) is 55.4 cm³/mol. The molecule has 0 amide bonds. The van der Waals surface area contributed by atoms with Gasteiger partial charge in [0.25, 0.3) is 0 Å². The van der Waals surface area contributed by atoms with E-state index in [9.17, 15) is 14.4 Å². The standard InChI is InChI=1S/C10H12O6.N/c1-3-8(13)15-10(4-2)16-9(14)6-5-7(11)12;/h3,5-6,10H,1,4H2,2H3,(H,11,12);. The summed E-state index contributed by atoms with van der Waals surface area (Å²) in [4.78, 5) is 31.9. The molecule has 1 atom stereocenters. The Bertz CT molecular complexity index is 323. The highest BCUT2D eigenvalue weighted by Gasteiger charge is 2.13. The van der Waals surface area contributed by atoms with Crippen LogP contribution < -0.4 is 6.15 Å². The van der Waals surface area contributed by atoms with Crippen molar-refractivity contribution in [2.75, 3.05) is 0 Å². The molecule has 0 fully saturated rings. The number of aliphatic carboxylic acids is 1. The summed E-state index contributed by atoms with van der Waals surface area (Å²) in [6, 6.07) is 0. The fourth-order valence-electron chi connectivity index (χ4n) is 0.677. The quantitative estimate of drug-likeness (QED) is 0.402. The van der Waals surface area contributed by atoms with Gasteiger partial charge in [-0.05, 0) is 0 Å². The zero-order valence-electron chi connectivity index (χ0n) is 9.16. The van der Waals surface area contributed by atoms with E-state index in [1.165, 1.54) is 0 Å². The number of hydrogen-bond donors (Lipinski definition) is 1. The van der Waals surface area contributed by atoms with Crippen LogP contribution in [0.3, 0.4) is 0 Å². The number of carboxylic acid groups (broad SMARTS) is 1. The zero-order chi connectivity index (χ0) is 12.6. The van der Waals surface area contributed by atoms with E-state index in [-0.39, 0.29) is 12.6 Å². The molecule has 0 heterocycles. The molecule has 1 N–H and O–H groups in total. The van der Waals surface area contributed by atoms with Crippen LogP contribution in [-0.2, 0) is 23.9 Å². The number of nitrogens with zero attached hydrogens (tertiary/aromatic N) is 1. The van der Waals surface area contributed by atoms with Gasteiger partial charge in [0.05, 0.1) is 0 Å². The van der Waals surface area contributed by atoms with Crippen LogP contribution in [0.25, 0.3) is 0 Å². The van der Waals surface area contributed by atoms with Crippen molar-refractivity contribution in [1.29, 1.82) is 0 Å². The molecule has 0 aliphatic heterocycles. The van der Waals surface area contributed by atoms with Crippen molar-refractivity contribution in [3.8, 4) is 0 Å². The Kier molecular flexibility index (Phi) is 9.24. The second-order valence-electron chi connectivity index (χ2n) is 2.59. The lowest BCUT2D eigenvalue weighted by molar-refractivity contribution is -0.181. The van der Waals surface area contributed by atoms with E-state index in [4.69, 9.17) is 5.11 Å². The molecule has 0 aliphatic carbocycles. The van der Waals surface area contributed by atoms with Gasteiger partial charge in [0.15, 0.2) is 0 Å². The highest BCUT2D eigenvalue weighted by atomic mass is 16.7. The molecule has 0 aromatic heterocycles. The first-order valence-electron chi connectivity index (χ1n) is 4.44. The maximum absolute atomic E-state index is 11.0. The van der Waals surface area contributed by atoms with Crippen LogP contribution in [0, 0.1) is 0 Å². The summed E-state index contributed by atoms with van der Waals surface area (Å²) in [5.74, 6) is -2.89. The third-order valence-electron chi connectivity index (χ3n) is 1.36. The van der Waals surface area contributed by atoms with Crippen LogP contribution in [0.5, 0.6) is 0 Å².